The standard InChI is InChI=1S/C17H18BrNO2/c1-11-5-4-6-15(12(11)2)16(17(20)21-3)19-14-9-7-13(18)8-10-14/h4-10,16,19H,1-3H3. The van der Waals surface area contributed by atoms with Crippen LogP contribution in [0.4, 0.5) is 5.69 Å². The summed E-state index contributed by atoms with van der Waals surface area (Å²) < 4.78 is 5.94. The molecule has 0 saturated carbocycles. The largest absolute Gasteiger partial charge is 0.467 e. The molecule has 0 fully saturated rings. The SMILES string of the molecule is COC(=O)C(Nc1ccc(Br)cc1)c1cccc(C)c1C. The predicted octanol–water partition coefficient (Wildman–Crippen LogP) is 4.39. The highest BCUT2D eigenvalue weighted by molar-refractivity contribution is 9.10. The van der Waals surface area contributed by atoms with Gasteiger partial charge in [-0.15, -0.1) is 0 Å². The molecule has 0 bridgehead atoms. The number of carbonyl (C=O) groups is 1. The van der Waals surface area contributed by atoms with Crippen LogP contribution in [0.25, 0.3) is 0 Å². The molecule has 2 aromatic carbocycles. The van der Waals surface area contributed by atoms with Gasteiger partial charge >= 0.3 is 5.97 Å². The topological polar surface area (TPSA) is 38.3 Å². The summed E-state index contributed by atoms with van der Waals surface area (Å²) >= 11 is 3.40. The van der Waals surface area contributed by atoms with Gasteiger partial charge in [0.15, 0.2) is 6.04 Å². The summed E-state index contributed by atoms with van der Waals surface area (Å²) in [4.78, 5) is 12.2. The van der Waals surface area contributed by atoms with Crippen LogP contribution in [0.3, 0.4) is 0 Å². The van der Waals surface area contributed by atoms with Crippen LogP contribution in [0.2, 0.25) is 0 Å². The molecule has 21 heavy (non-hydrogen) atoms. The van der Waals surface area contributed by atoms with E-state index in [4.69, 9.17) is 4.74 Å². The summed E-state index contributed by atoms with van der Waals surface area (Å²) in [5.41, 5.74) is 4.05. The summed E-state index contributed by atoms with van der Waals surface area (Å²) in [6.45, 7) is 4.05. The van der Waals surface area contributed by atoms with Gasteiger partial charge in [0.1, 0.15) is 0 Å². The molecular formula is C17H18BrNO2. The molecule has 1 unspecified atom stereocenters. The maximum Gasteiger partial charge on any atom is 0.332 e. The molecule has 1 N–H and O–H groups in total. The Bertz CT molecular complexity index is 638. The van der Waals surface area contributed by atoms with Crippen LogP contribution in [0.15, 0.2) is 46.9 Å². The Hall–Kier alpha value is -1.81. The molecule has 0 spiro atoms. The molecular weight excluding hydrogens is 330 g/mol. The maximum absolute atomic E-state index is 12.2. The lowest BCUT2D eigenvalue weighted by Crippen LogP contribution is -2.23. The number of methoxy groups -OCH3 is 1. The number of anilines is 1. The van der Waals surface area contributed by atoms with Crippen molar-refractivity contribution in [3.63, 3.8) is 0 Å². The van der Waals surface area contributed by atoms with Gasteiger partial charge in [-0.25, -0.2) is 4.79 Å². The van der Waals surface area contributed by atoms with Gasteiger partial charge < -0.3 is 10.1 Å². The molecule has 0 aliphatic carbocycles. The van der Waals surface area contributed by atoms with E-state index in [1.165, 1.54) is 7.11 Å². The molecule has 2 aromatic rings. The fourth-order valence-electron chi connectivity index (χ4n) is 2.18. The minimum atomic E-state index is -0.518. The smallest absolute Gasteiger partial charge is 0.332 e. The number of halogens is 1. The Morgan fingerprint density at radius 1 is 1.14 bits per heavy atom. The van der Waals surface area contributed by atoms with Crippen molar-refractivity contribution in [1.82, 2.24) is 0 Å². The van der Waals surface area contributed by atoms with E-state index in [2.05, 4.69) is 21.2 Å². The summed E-state index contributed by atoms with van der Waals surface area (Å²) in [6.07, 6.45) is 0. The highest BCUT2D eigenvalue weighted by Gasteiger charge is 2.23. The summed E-state index contributed by atoms with van der Waals surface area (Å²) in [7, 11) is 1.41. The third kappa shape index (κ3) is 3.64. The van der Waals surface area contributed by atoms with Crippen LogP contribution in [0.1, 0.15) is 22.7 Å². The van der Waals surface area contributed by atoms with Crippen molar-refractivity contribution >= 4 is 27.6 Å². The van der Waals surface area contributed by atoms with Crippen molar-refractivity contribution in [1.29, 1.82) is 0 Å². The quantitative estimate of drug-likeness (QED) is 0.833. The molecule has 0 aliphatic heterocycles. The van der Waals surface area contributed by atoms with Crippen LogP contribution in [-0.4, -0.2) is 13.1 Å². The third-order valence-corrected chi connectivity index (χ3v) is 4.08. The number of rotatable bonds is 4. The van der Waals surface area contributed by atoms with Gasteiger partial charge in [-0.05, 0) is 54.8 Å². The van der Waals surface area contributed by atoms with Gasteiger partial charge in [0.2, 0.25) is 0 Å². The average Bonchev–Trinajstić information content (AvgIpc) is 2.49. The Labute approximate surface area is 133 Å². The van der Waals surface area contributed by atoms with Crippen LogP contribution in [0, 0.1) is 13.8 Å². The second kappa shape index (κ2) is 6.76. The summed E-state index contributed by atoms with van der Waals surface area (Å²) in [5.74, 6) is -0.299. The first-order chi connectivity index (χ1) is 10.0. The monoisotopic (exact) mass is 347 g/mol. The van der Waals surface area contributed by atoms with E-state index in [1.807, 2.05) is 56.3 Å². The lowest BCUT2D eigenvalue weighted by Gasteiger charge is -2.21. The molecule has 0 saturated heterocycles. The maximum atomic E-state index is 12.2. The lowest BCUT2D eigenvalue weighted by atomic mass is 9.97. The fourth-order valence-corrected chi connectivity index (χ4v) is 2.45. The van der Waals surface area contributed by atoms with E-state index in [-0.39, 0.29) is 5.97 Å². The van der Waals surface area contributed by atoms with E-state index in [9.17, 15) is 4.79 Å². The Balaban J connectivity index is 2.37. The van der Waals surface area contributed by atoms with E-state index >= 15 is 0 Å². The molecule has 110 valence electrons. The number of ether oxygens (including phenoxy) is 1. The van der Waals surface area contributed by atoms with Crippen LogP contribution in [-0.2, 0) is 9.53 Å². The number of carbonyl (C=O) groups excluding carboxylic acids is 1. The van der Waals surface area contributed by atoms with Crippen LogP contribution in [0.5, 0.6) is 0 Å². The zero-order valence-corrected chi connectivity index (χ0v) is 13.9. The van der Waals surface area contributed by atoms with E-state index < -0.39 is 6.04 Å². The number of hydrogen-bond donors (Lipinski definition) is 1. The molecule has 1 atom stereocenters. The van der Waals surface area contributed by atoms with E-state index in [1.54, 1.807) is 0 Å². The number of benzene rings is 2. The molecule has 0 aliphatic rings. The second-order valence-corrected chi connectivity index (χ2v) is 5.81. The van der Waals surface area contributed by atoms with E-state index in [0.29, 0.717) is 0 Å². The molecule has 4 heteroatoms. The van der Waals surface area contributed by atoms with Gasteiger partial charge in [0, 0.05) is 10.2 Å². The number of esters is 1. The highest BCUT2D eigenvalue weighted by Crippen LogP contribution is 2.26. The normalized spacial score (nSPS) is 11.8. The third-order valence-electron chi connectivity index (χ3n) is 3.55. The molecule has 0 aromatic heterocycles. The zero-order valence-electron chi connectivity index (χ0n) is 12.3. The Morgan fingerprint density at radius 3 is 2.43 bits per heavy atom. The first-order valence-electron chi connectivity index (χ1n) is 6.69. The first kappa shape index (κ1) is 15.6. The summed E-state index contributed by atoms with van der Waals surface area (Å²) in [5, 5.41) is 3.25. The van der Waals surface area contributed by atoms with Gasteiger partial charge in [-0.2, -0.15) is 0 Å². The van der Waals surface area contributed by atoms with Gasteiger partial charge in [-0.3, -0.25) is 0 Å². The van der Waals surface area contributed by atoms with Crippen molar-refractivity contribution in [2.24, 2.45) is 0 Å². The molecule has 3 nitrogen and oxygen atoms in total. The van der Waals surface area contributed by atoms with Gasteiger partial charge in [-0.1, -0.05) is 34.1 Å². The molecule has 0 heterocycles. The summed E-state index contributed by atoms with van der Waals surface area (Å²) in [6, 6.07) is 13.1. The highest BCUT2D eigenvalue weighted by atomic mass is 79.9. The predicted molar refractivity (Wildman–Crippen MR) is 88.4 cm³/mol. The first-order valence-corrected chi connectivity index (χ1v) is 7.48. The lowest BCUT2D eigenvalue weighted by molar-refractivity contribution is -0.141. The Morgan fingerprint density at radius 2 is 1.81 bits per heavy atom. The molecule has 0 amide bonds. The van der Waals surface area contributed by atoms with Crippen molar-refractivity contribution in [2.75, 3.05) is 12.4 Å². The number of nitrogens with one attached hydrogen (secondary N) is 1. The fraction of sp³-hybridized carbons (Fsp3) is 0.235. The van der Waals surface area contributed by atoms with Gasteiger partial charge in [0.05, 0.1) is 7.11 Å². The molecule has 2 rings (SSSR count). The van der Waals surface area contributed by atoms with Crippen molar-refractivity contribution in [2.45, 2.75) is 19.9 Å². The number of hydrogen-bond acceptors (Lipinski definition) is 3. The van der Waals surface area contributed by atoms with Crippen LogP contribution >= 0.6 is 15.9 Å². The van der Waals surface area contributed by atoms with Gasteiger partial charge in [0.25, 0.3) is 0 Å². The Kier molecular flexibility index (Phi) is 5.02. The number of aryl methyl sites for hydroxylation is 1. The zero-order chi connectivity index (χ0) is 15.4. The van der Waals surface area contributed by atoms with Crippen molar-refractivity contribution in [3.05, 3.63) is 63.6 Å². The van der Waals surface area contributed by atoms with Crippen LogP contribution < -0.4 is 5.32 Å². The van der Waals surface area contributed by atoms with E-state index in [0.717, 1.165) is 26.9 Å². The van der Waals surface area contributed by atoms with Crippen molar-refractivity contribution in [3.8, 4) is 0 Å². The molecule has 0 radical (unpaired) electrons. The minimum Gasteiger partial charge on any atom is -0.467 e. The minimum absolute atomic E-state index is 0.299. The van der Waals surface area contributed by atoms with Crippen molar-refractivity contribution < 1.29 is 9.53 Å². The average molecular weight is 348 g/mol. The second-order valence-electron chi connectivity index (χ2n) is 4.90.